The zero-order chi connectivity index (χ0) is 16.9. The second kappa shape index (κ2) is 7.51. The Labute approximate surface area is 144 Å². The van der Waals surface area contributed by atoms with Crippen LogP contribution in [0.1, 0.15) is 26.0 Å². The van der Waals surface area contributed by atoms with E-state index in [1.54, 1.807) is 0 Å². The molecule has 0 radical (unpaired) electrons. The summed E-state index contributed by atoms with van der Waals surface area (Å²) in [5.41, 5.74) is 2.31. The predicted molar refractivity (Wildman–Crippen MR) is 101 cm³/mol. The topological polar surface area (TPSA) is 44.3 Å². The number of hydrogen-bond donors (Lipinski definition) is 1. The van der Waals surface area contributed by atoms with Gasteiger partial charge in [0.15, 0.2) is 0 Å². The van der Waals surface area contributed by atoms with Crippen LogP contribution >= 0.6 is 0 Å². The highest BCUT2D eigenvalue weighted by Gasteiger charge is 2.19. The quantitative estimate of drug-likeness (QED) is 0.913. The minimum Gasteiger partial charge on any atom is -0.368 e. The van der Waals surface area contributed by atoms with Gasteiger partial charge in [-0.05, 0) is 32.4 Å². The van der Waals surface area contributed by atoms with E-state index in [0.29, 0.717) is 6.04 Å². The maximum atomic E-state index is 4.73. The third-order valence-electron chi connectivity index (χ3n) is 4.55. The molecule has 1 aliphatic heterocycles. The molecule has 2 heterocycles. The number of nitrogens with zero attached hydrogens (tertiary/aromatic N) is 4. The fourth-order valence-corrected chi connectivity index (χ4v) is 2.93. The van der Waals surface area contributed by atoms with Gasteiger partial charge in [-0.15, -0.1) is 0 Å². The fourth-order valence-electron chi connectivity index (χ4n) is 2.93. The molecule has 0 amide bonds. The van der Waals surface area contributed by atoms with Crippen LogP contribution in [0, 0.1) is 6.92 Å². The predicted octanol–water partition coefficient (Wildman–Crippen LogP) is 3.32. The van der Waals surface area contributed by atoms with E-state index in [4.69, 9.17) is 4.98 Å². The average molecular weight is 325 g/mol. The maximum Gasteiger partial charge on any atom is 0.225 e. The minimum atomic E-state index is 0.384. The number of hydrogen-bond acceptors (Lipinski definition) is 5. The molecule has 0 aliphatic carbocycles. The Morgan fingerprint density at radius 3 is 2.38 bits per heavy atom. The van der Waals surface area contributed by atoms with Gasteiger partial charge in [0, 0.05) is 49.7 Å². The van der Waals surface area contributed by atoms with E-state index in [1.807, 2.05) is 6.92 Å². The van der Waals surface area contributed by atoms with Gasteiger partial charge < -0.3 is 15.1 Å². The summed E-state index contributed by atoms with van der Waals surface area (Å²) in [7, 11) is 0. The average Bonchev–Trinajstić information content (AvgIpc) is 2.62. The first-order valence-corrected chi connectivity index (χ1v) is 8.83. The third kappa shape index (κ3) is 3.96. The number of piperazine rings is 1. The van der Waals surface area contributed by atoms with E-state index in [-0.39, 0.29) is 0 Å². The van der Waals surface area contributed by atoms with Crippen LogP contribution < -0.4 is 15.1 Å². The lowest BCUT2D eigenvalue weighted by Gasteiger charge is -2.36. The zero-order valence-electron chi connectivity index (χ0n) is 14.9. The minimum absolute atomic E-state index is 0.384. The molecule has 3 rings (SSSR count). The van der Waals surface area contributed by atoms with E-state index in [0.717, 1.165) is 50.1 Å². The molecule has 0 spiro atoms. The van der Waals surface area contributed by atoms with Crippen LogP contribution in [0.5, 0.6) is 0 Å². The molecule has 1 aromatic heterocycles. The van der Waals surface area contributed by atoms with Crippen LogP contribution in [0.4, 0.5) is 17.5 Å². The SMILES string of the molecule is CCC(C)Nc1nc(C)cc(N2CCN(c3ccccc3)CC2)n1. The number of anilines is 3. The van der Waals surface area contributed by atoms with Crippen molar-refractivity contribution in [1.29, 1.82) is 0 Å². The Hall–Kier alpha value is -2.30. The zero-order valence-corrected chi connectivity index (χ0v) is 14.9. The first-order chi connectivity index (χ1) is 11.7. The van der Waals surface area contributed by atoms with Crippen LogP contribution in [0.25, 0.3) is 0 Å². The Balaban J connectivity index is 1.67. The lowest BCUT2D eigenvalue weighted by Crippen LogP contribution is -2.46. The molecule has 24 heavy (non-hydrogen) atoms. The summed E-state index contributed by atoms with van der Waals surface area (Å²) in [5.74, 6) is 1.77. The molecule has 1 saturated heterocycles. The Morgan fingerprint density at radius 2 is 1.71 bits per heavy atom. The highest BCUT2D eigenvalue weighted by atomic mass is 15.3. The highest BCUT2D eigenvalue weighted by Crippen LogP contribution is 2.20. The number of nitrogens with one attached hydrogen (secondary N) is 1. The van der Waals surface area contributed by atoms with Crippen molar-refractivity contribution in [3.63, 3.8) is 0 Å². The van der Waals surface area contributed by atoms with Crippen molar-refractivity contribution in [2.75, 3.05) is 41.3 Å². The first-order valence-electron chi connectivity index (χ1n) is 8.83. The Bertz CT molecular complexity index is 650. The highest BCUT2D eigenvalue weighted by molar-refractivity contribution is 5.50. The summed E-state index contributed by atoms with van der Waals surface area (Å²) in [6, 6.07) is 13.1. The molecule has 1 atom stereocenters. The van der Waals surface area contributed by atoms with Crippen molar-refractivity contribution in [2.45, 2.75) is 33.2 Å². The van der Waals surface area contributed by atoms with E-state index in [9.17, 15) is 0 Å². The van der Waals surface area contributed by atoms with Crippen LogP contribution in [-0.4, -0.2) is 42.2 Å². The molecule has 5 nitrogen and oxygen atoms in total. The largest absolute Gasteiger partial charge is 0.368 e. The summed E-state index contributed by atoms with van der Waals surface area (Å²) >= 11 is 0. The third-order valence-corrected chi connectivity index (χ3v) is 4.55. The molecule has 2 aromatic rings. The maximum absolute atomic E-state index is 4.73. The molecule has 1 N–H and O–H groups in total. The molecule has 1 aliphatic rings. The Morgan fingerprint density at radius 1 is 1.04 bits per heavy atom. The van der Waals surface area contributed by atoms with Gasteiger partial charge >= 0.3 is 0 Å². The van der Waals surface area contributed by atoms with Crippen LogP contribution in [-0.2, 0) is 0 Å². The lowest BCUT2D eigenvalue weighted by atomic mass is 10.2. The van der Waals surface area contributed by atoms with E-state index in [2.05, 4.69) is 70.3 Å². The normalized spacial score (nSPS) is 16.1. The number of benzene rings is 1. The first kappa shape index (κ1) is 16.6. The second-order valence-corrected chi connectivity index (χ2v) is 6.45. The van der Waals surface area contributed by atoms with Gasteiger partial charge in [-0.1, -0.05) is 25.1 Å². The van der Waals surface area contributed by atoms with Gasteiger partial charge in [0.2, 0.25) is 5.95 Å². The molecule has 0 saturated carbocycles. The molecular weight excluding hydrogens is 298 g/mol. The van der Waals surface area contributed by atoms with Crippen molar-refractivity contribution < 1.29 is 0 Å². The van der Waals surface area contributed by atoms with E-state index < -0.39 is 0 Å². The number of rotatable bonds is 5. The van der Waals surface area contributed by atoms with Gasteiger partial charge in [-0.2, -0.15) is 4.98 Å². The Kier molecular flexibility index (Phi) is 5.18. The number of aromatic nitrogens is 2. The van der Waals surface area contributed by atoms with Gasteiger partial charge in [0.05, 0.1) is 0 Å². The fraction of sp³-hybridized carbons (Fsp3) is 0.474. The molecule has 1 unspecified atom stereocenters. The molecular formula is C19H27N5. The summed E-state index contributed by atoms with van der Waals surface area (Å²) in [4.78, 5) is 14.0. The van der Waals surface area contributed by atoms with Crippen molar-refractivity contribution in [1.82, 2.24) is 9.97 Å². The number of aryl methyl sites for hydroxylation is 1. The number of para-hydroxylation sites is 1. The lowest BCUT2D eigenvalue weighted by molar-refractivity contribution is 0.646. The van der Waals surface area contributed by atoms with E-state index in [1.165, 1.54) is 5.69 Å². The van der Waals surface area contributed by atoms with Gasteiger partial charge in [0.25, 0.3) is 0 Å². The van der Waals surface area contributed by atoms with Crippen LogP contribution in [0.15, 0.2) is 36.4 Å². The molecule has 1 aromatic carbocycles. The van der Waals surface area contributed by atoms with Crippen molar-refractivity contribution in [3.05, 3.63) is 42.1 Å². The van der Waals surface area contributed by atoms with Crippen LogP contribution in [0.2, 0.25) is 0 Å². The van der Waals surface area contributed by atoms with Gasteiger partial charge in [-0.3, -0.25) is 0 Å². The van der Waals surface area contributed by atoms with Crippen LogP contribution in [0.3, 0.4) is 0 Å². The second-order valence-electron chi connectivity index (χ2n) is 6.45. The van der Waals surface area contributed by atoms with Crippen molar-refractivity contribution >= 4 is 17.5 Å². The summed E-state index contributed by atoms with van der Waals surface area (Å²) in [5, 5.41) is 3.39. The smallest absolute Gasteiger partial charge is 0.225 e. The standard InChI is InChI=1S/C19H27N5/c1-4-15(2)20-19-21-16(3)14-18(22-19)24-12-10-23(11-13-24)17-8-6-5-7-9-17/h5-9,14-15H,4,10-13H2,1-3H3,(H,20,21,22). The van der Waals surface area contributed by atoms with Gasteiger partial charge in [0.1, 0.15) is 5.82 Å². The van der Waals surface area contributed by atoms with Crippen molar-refractivity contribution in [3.8, 4) is 0 Å². The molecule has 128 valence electrons. The van der Waals surface area contributed by atoms with E-state index >= 15 is 0 Å². The molecule has 5 heteroatoms. The molecule has 1 fully saturated rings. The summed E-state index contributed by atoms with van der Waals surface area (Å²) in [6.45, 7) is 10.3. The monoisotopic (exact) mass is 325 g/mol. The van der Waals surface area contributed by atoms with Crippen molar-refractivity contribution in [2.24, 2.45) is 0 Å². The molecule has 0 bridgehead atoms. The summed E-state index contributed by atoms with van der Waals surface area (Å²) in [6.07, 6.45) is 1.06. The van der Waals surface area contributed by atoms with Gasteiger partial charge in [-0.25, -0.2) is 4.98 Å². The summed E-state index contributed by atoms with van der Waals surface area (Å²) < 4.78 is 0.